The lowest BCUT2D eigenvalue weighted by Gasteiger charge is -2.29. The van der Waals surface area contributed by atoms with Gasteiger partial charge in [-0.25, -0.2) is 9.97 Å². The molecule has 0 atom stereocenters. The van der Waals surface area contributed by atoms with Crippen LogP contribution in [0.2, 0.25) is 0 Å². The molecule has 0 bridgehead atoms. The van der Waals surface area contributed by atoms with E-state index in [4.69, 9.17) is 0 Å². The Kier molecular flexibility index (Phi) is 4.27. The molecule has 0 aliphatic carbocycles. The second-order valence-corrected chi connectivity index (χ2v) is 5.42. The number of nitrogens with zero attached hydrogens (tertiary/aromatic N) is 4. The molecular formula is C16H19N5O. The van der Waals surface area contributed by atoms with Crippen molar-refractivity contribution in [2.75, 3.05) is 23.3 Å². The van der Waals surface area contributed by atoms with Gasteiger partial charge in [0.15, 0.2) is 5.82 Å². The minimum Gasteiger partial charge on any atom is -0.355 e. The summed E-state index contributed by atoms with van der Waals surface area (Å²) < 4.78 is 0. The SMILES string of the molecule is Cc1cnc(C(=O)Nc2cccnc2N2CCCCC2)cn1. The van der Waals surface area contributed by atoms with Gasteiger partial charge in [0.2, 0.25) is 0 Å². The summed E-state index contributed by atoms with van der Waals surface area (Å²) in [6, 6.07) is 3.69. The first-order valence-electron chi connectivity index (χ1n) is 7.54. The molecule has 1 aliphatic rings. The molecule has 3 rings (SSSR count). The Morgan fingerprint density at radius 2 is 1.95 bits per heavy atom. The Bertz CT molecular complexity index is 650. The van der Waals surface area contributed by atoms with Gasteiger partial charge in [-0.2, -0.15) is 0 Å². The molecule has 1 fully saturated rings. The third-order valence-electron chi connectivity index (χ3n) is 3.70. The average molecular weight is 297 g/mol. The zero-order valence-electron chi connectivity index (χ0n) is 12.6. The fourth-order valence-corrected chi connectivity index (χ4v) is 2.55. The first kappa shape index (κ1) is 14.4. The molecule has 6 heteroatoms. The smallest absolute Gasteiger partial charge is 0.275 e. The Balaban J connectivity index is 1.79. The number of aryl methyl sites for hydroxylation is 1. The molecule has 1 aliphatic heterocycles. The molecule has 0 saturated carbocycles. The van der Waals surface area contributed by atoms with E-state index in [1.807, 2.05) is 19.1 Å². The molecule has 2 aromatic rings. The summed E-state index contributed by atoms with van der Waals surface area (Å²) in [6.45, 7) is 3.79. The maximum absolute atomic E-state index is 12.3. The van der Waals surface area contributed by atoms with E-state index in [1.165, 1.54) is 12.6 Å². The van der Waals surface area contributed by atoms with Gasteiger partial charge in [-0.3, -0.25) is 9.78 Å². The lowest BCUT2D eigenvalue weighted by molar-refractivity contribution is 0.102. The van der Waals surface area contributed by atoms with Crippen molar-refractivity contribution in [2.45, 2.75) is 26.2 Å². The number of nitrogens with one attached hydrogen (secondary N) is 1. The molecule has 6 nitrogen and oxygen atoms in total. The highest BCUT2D eigenvalue weighted by Crippen LogP contribution is 2.25. The van der Waals surface area contributed by atoms with Gasteiger partial charge in [0.05, 0.1) is 17.6 Å². The van der Waals surface area contributed by atoms with E-state index < -0.39 is 0 Å². The second-order valence-electron chi connectivity index (χ2n) is 5.42. The largest absolute Gasteiger partial charge is 0.355 e. The maximum atomic E-state index is 12.3. The Labute approximate surface area is 129 Å². The monoisotopic (exact) mass is 297 g/mol. The first-order chi connectivity index (χ1) is 10.7. The van der Waals surface area contributed by atoms with E-state index in [0.29, 0.717) is 5.69 Å². The fourth-order valence-electron chi connectivity index (χ4n) is 2.55. The van der Waals surface area contributed by atoms with E-state index in [1.54, 1.807) is 12.4 Å². The second kappa shape index (κ2) is 6.51. The van der Waals surface area contributed by atoms with Crippen LogP contribution < -0.4 is 10.2 Å². The van der Waals surface area contributed by atoms with Crippen molar-refractivity contribution in [1.29, 1.82) is 0 Å². The van der Waals surface area contributed by atoms with E-state index in [-0.39, 0.29) is 5.91 Å². The zero-order valence-corrected chi connectivity index (χ0v) is 12.6. The number of carbonyl (C=O) groups excluding carboxylic acids is 1. The third-order valence-corrected chi connectivity index (χ3v) is 3.70. The number of amides is 1. The Morgan fingerprint density at radius 1 is 1.14 bits per heavy atom. The summed E-state index contributed by atoms with van der Waals surface area (Å²) >= 11 is 0. The van der Waals surface area contributed by atoms with E-state index in [0.717, 1.165) is 43.1 Å². The highest BCUT2D eigenvalue weighted by Gasteiger charge is 2.17. The summed E-state index contributed by atoms with van der Waals surface area (Å²) in [5, 5.41) is 2.90. The zero-order chi connectivity index (χ0) is 15.4. The van der Waals surface area contributed by atoms with Crippen LogP contribution in [-0.4, -0.2) is 33.9 Å². The Hall–Kier alpha value is -2.50. The predicted octanol–water partition coefficient (Wildman–Crippen LogP) is 2.42. The number of aromatic nitrogens is 3. The predicted molar refractivity (Wildman–Crippen MR) is 85.0 cm³/mol. The number of pyridine rings is 1. The van der Waals surface area contributed by atoms with Gasteiger partial charge in [0.25, 0.3) is 5.91 Å². The number of anilines is 2. The van der Waals surface area contributed by atoms with Crippen molar-refractivity contribution in [3.63, 3.8) is 0 Å². The van der Waals surface area contributed by atoms with Gasteiger partial charge in [-0.15, -0.1) is 0 Å². The van der Waals surface area contributed by atoms with Gasteiger partial charge < -0.3 is 10.2 Å². The summed E-state index contributed by atoms with van der Waals surface area (Å²) in [7, 11) is 0. The van der Waals surface area contributed by atoms with Crippen LogP contribution in [0.15, 0.2) is 30.7 Å². The third kappa shape index (κ3) is 3.21. The van der Waals surface area contributed by atoms with Crippen molar-refractivity contribution in [1.82, 2.24) is 15.0 Å². The molecule has 0 radical (unpaired) electrons. The van der Waals surface area contributed by atoms with Crippen LogP contribution in [0, 0.1) is 6.92 Å². The molecule has 3 heterocycles. The van der Waals surface area contributed by atoms with Gasteiger partial charge in [0, 0.05) is 25.5 Å². The van der Waals surface area contributed by atoms with Crippen molar-refractivity contribution in [3.05, 3.63) is 42.1 Å². The number of rotatable bonds is 3. The molecule has 114 valence electrons. The molecule has 2 aromatic heterocycles. The average Bonchev–Trinajstić information content (AvgIpc) is 2.57. The van der Waals surface area contributed by atoms with Crippen molar-refractivity contribution < 1.29 is 4.79 Å². The van der Waals surface area contributed by atoms with Crippen molar-refractivity contribution in [3.8, 4) is 0 Å². The number of hydrogen-bond acceptors (Lipinski definition) is 5. The minimum atomic E-state index is -0.265. The molecule has 0 aromatic carbocycles. The maximum Gasteiger partial charge on any atom is 0.275 e. The molecule has 0 unspecified atom stereocenters. The quantitative estimate of drug-likeness (QED) is 0.942. The minimum absolute atomic E-state index is 0.265. The molecule has 1 saturated heterocycles. The number of carbonyl (C=O) groups is 1. The molecule has 1 N–H and O–H groups in total. The van der Waals surface area contributed by atoms with Gasteiger partial charge >= 0.3 is 0 Å². The Morgan fingerprint density at radius 3 is 2.68 bits per heavy atom. The summed E-state index contributed by atoms with van der Waals surface area (Å²) in [5.41, 5.74) is 1.81. The number of piperidine rings is 1. The van der Waals surface area contributed by atoms with E-state index in [2.05, 4.69) is 25.2 Å². The first-order valence-corrected chi connectivity index (χ1v) is 7.54. The highest BCUT2D eigenvalue weighted by atomic mass is 16.1. The highest BCUT2D eigenvalue weighted by molar-refractivity contribution is 6.04. The normalized spacial score (nSPS) is 14.7. The van der Waals surface area contributed by atoms with Crippen LogP contribution in [0.5, 0.6) is 0 Å². The lowest BCUT2D eigenvalue weighted by atomic mass is 10.1. The van der Waals surface area contributed by atoms with Crippen LogP contribution in [0.25, 0.3) is 0 Å². The standard InChI is InChI=1S/C16H19N5O/c1-12-10-19-14(11-18-12)16(22)20-13-6-5-7-17-15(13)21-8-3-2-4-9-21/h5-7,10-11H,2-4,8-9H2,1H3,(H,20,22). The van der Waals surface area contributed by atoms with E-state index in [9.17, 15) is 4.79 Å². The van der Waals surface area contributed by atoms with Gasteiger partial charge in [-0.1, -0.05) is 0 Å². The summed E-state index contributed by atoms with van der Waals surface area (Å²) in [5.74, 6) is 0.564. The summed E-state index contributed by atoms with van der Waals surface area (Å²) in [6.07, 6.45) is 8.40. The molecule has 22 heavy (non-hydrogen) atoms. The van der Waals surface area contributed by atoms with Gasteiger partial charge in [0.1, 0.15) is 5.69 Å². The molecule has 0 spiro atoms. The van der Waals surface area contributed by atoms with Gasteiger partial charge in [-0.05, 0) is 38.3 Å². The molecule has 1 amide bonds. The van der Waals surface area contributed by atoms with Crippen LogP contribution >= 0.6 is 0 Å². The van der Waals surface area contributed by atoms with Crippen molar-refractivity contribution in [2.24, 2.45) is 0 Å². The topological polar surface area (TPSA) is 71.0 Å². The van der Waals surface area contributed by atoms with Crippen molar-refractivity contribution >= 4 is 17.4 Å². The van der Waals surface area contributed by atoms with Crippen LogP contribution in [0.3, 0.4) is 0 Å². The van der Waals surface area contributed by atoms with Crippen LogP contribution in [0.4, 0.5) is 11.5 Å². The van der Waals surface area contributed by atoms with E-state index >= 15 is 0 Å². The van der Waals surface area contributed by atoms with Crippen LogP contribution in [0.1, 0.15) is 35.4 Å². The fraction of sp³-hybridized carbons (Fsp3) is 0.375. The number of hydrogen-bond donors (Lipinski definition) is 1. The summed E-state index contributed by atoms with van der Waals surface area (Å²) in [4.78, 5) is 27.2. The lowest BCUT2D eigenvalue weighted by Crippen LogP contribution is -2.31. The van der Waals surface area contributed by atoms with Crippen LogP contribution in [-0.2, 0) is 0 Å². The molecular weight excluding hydrogens is 278 g/mol.